The van der Waals surface area contributed by atoms with Crippen LogP contribution in [0.25, 0.3) is 11.1 Å². The van der Waals surface area contributed by atoms with Crippen LogP contribution in [0.2, 0.25) is 5.02 Å². The molecular formula is C13H9BrClF2NOZn. The fourth-order valence-electron chi connectivity index (χ4n) is 1.67. The van der Waals surface area contributed by atoms with E-state index in [0.29, 0.717) is 16.1 Å². The minimum atomic E-state index is -2.90. The molecule has 2 nitrogen and oxygen atoms in total. The predicted molar refractivity (Wildman–Crippen MR) is 65.0 cm³/mol. The molecule has 20 heavy (non-hydrogen) atoms. The van der Waals surface area contributed by atoms with Crippen LogP contribution in [0.3, 0.4) is 0 Å². The van der Waals surface area contributed by atoms with Gasteiger partial charge in [0.1, 0.15) is 0 Å². The number of ether oxygens (including phenoxy) is 1. The Kier molecular flexibility index (Phi) is 7.00. The number of aromatic nitrogens is 1. The van der Waals surface area contributed by atoms with Gasteiger partial charge in [0.25, 0.3) is 0 Å². The van der Waals surface area contributed by atoms with E-state index in [2.05, 4.69) is 9.72 Å². The number of hydrogen-bond donors (Lipinski definition) is 0. The van der Waals surface area contributed by atoms with E-state index in [0.717, 1.165) is 28.9 Å². The van der Waals surface area contributed by atoms with Crippen LogP contribution in [0.4, 0.5) is 8.78 Å². The van der Waals surface area contributed by atoms with E-state index in [-0.39, 0.29) is 22.9 Å². The van der Waals surface area contributed by atoms with Crippen molar-refractivity contribution in [2.45, 2.75) is 11.6 Å². The average molecular weight is 414 g/mol. The molecule has 0 unspecified atom stereocenters. The molecule has 1 aromatic carbocycles. The van der Waals surface area contributed by atoms with Gasteiger partial charge in [-0.1, -0.05) is 0 Å². The van der Waals surface area contributed by atoms with Crippen molar-refractivity contribution in [2.75, 3.05) is 0 Å². The van der Waals surface area contributed by atoms with E-state index in [9.17, 15) is 8.78 Å². The van der Waals surface area contributed by atoms with E-state index >= 15 is 0 Å². The van der Waals surface area contributed by atoms with Gasteiger partial charge < -0.3 is 17.0 Å². The smallest absolute Gasteiger partial charge is 1.00 e. The van der Waals surface area contributed by atoms with Gasteiger partial charge in [0.2, 0.25) is 0 Å². The van der Waals surface area contributed by atoms with Crippen molar-refractivity contribution in [3.8, 4) is 17.0 Å². The summed E-state index contributed by atoms with van der Waals surface area (Å²) in [6.45, 7) is -2.90. The topological polar surface area (TPSA) is 22.1 Å². The predicted octanol–water partition coefficient (Wildman–Crippen LogP) is 1.05. The number of benzene rings is 1. The molecule has 0 aliphatic heterocycles. The summed E-state index contributed by atoms with van der Waals surface area (Å²) in [4.78, 5) is 3.97. The Hall–Kier alpha value is -0.577. The Balaban J connectivity index is 0.00000200. The number of nitrogens with zero attached hydrogens (tertiary/aromatic N) is 1. The van der Waals surface area contributed by atoms with E-state index in [1.807, 2.05) is 6.07 Å². The van der Waals surface area contributed by atoms with Gasteiger partial charge in [-0.3, -0.25) is 0 Å². The zero-order chi connectivity index (χ0) is 13.8. The molecule has 0 aliphatic carbocycles. The molecule has 0 saturated heterocycles. The molecule has 0 bridgehead atoms. The average Bonchev–Trinajstić information content (AvgIpc) is 2.38. The summed E-state index contributed by atoms with van der Waals surface area (Å²) in [5.74, 6) is -0.0746. The quantitative estimate of drug-likeness (QED) is 0.699. The van der Waals surface area contributed by atoms with Gasteiger partial charge in [-0.25, -0.2) is 0 Å². The van der Waals surface area contributed by atoms with Gasteiger partial charge in [0, 0.05) is 0 Å². The second-order valence-corrected chi connectivity index (χ2v) is 5.32. The second kappa shape index (κ2) is 8.01. The zero-order valence-corrected chi connectivity index (χ0v) is 15.6. The molecular weight excluding hydrogens is 405 g/mol. The maximum Gasteiger partial charge on any atom is -1.00 e. The van der Waals surface area contributed by atoms with Gasteiger partial charge in [-0.15, -0.1) is 0 Å². The molecule has 1 heterocycles. The Morgan fingerprint density at radius 2 is 2.05 bits per heavy atom. The summed E-state index contributed by atoms with van der Waals surface area (Å²) >= 11 is 7.00. The van der Waals surface area contributed by atoms with Crippen LogP contribution >= 0.6 is 11.6 Å². The van der Waals surface area contributed by atoms with Crippen LogP contribution in [0.5, 0.6) is 5.88 Å². The third-order valence-electron chi connectivity index (χ3n) is 2.53. The molecule has 0 amide bonds. The van der Waals surface area contributed by atoms with E-state index in [1.165, 1.54) is 0 Å². The number of pyridine rings is 1. The monoisotopic (exact) mass is 411 g/mol. The SMILES string of the molecule is FC(F)Oc1ncc([CH2][Zn+])cc1-c1cccc(Cl)c1.[Br-]. The number of halogens is 4. The van der Waals surface area contributed by atoms with Crippen LogP contribution in [-0.2, 0) is 23.3 Å². The first-order chi connectivity index (χ1) is 9.10. The van der Waals surface area contributed by atoms with Crippen molar-refractivity contribution in [1.82, 2.24) is 4.98 Å². The molecule has 0 atom stereocenters. The summed E-state index contributed by atoms with van der Waals surface area (Å²) in [5, 5.41) is 1.42. The summed E-state index contributed by atoms with van der Waals surface area (Å²) in [6, 6.07) is 8.79. The van der Waals surface area contributed by atoms with Gasteiger partial charge in [-0.05, 0) is 0 Å². The second-order valence-electron chi connectivity index (χ2n) is 3.84. The largest absolute Gasteiger partial charge is 1.00 e. The summed E-state index contributed by atoms with van der Waals surface area (Å²) in [5.41, 5.74) is 2.25. The van der Waals surface area contributed by atoms with Crippen molar-refractivity contribution in [2.24, 2.45) is 0 Å². The fraction of sp³-hybridized carbons (Fsp3) is 0.154. The van der Waals surface area contributed by atoms with Crippen molar-refractivity contribution >= 4 is 11.6 Å². The standard InChI is InChI=1S/C13H9ClF2NO.BrH.Zn/c1-8-5-11(9-3-2-4-10(14)6-9)12(17-7-8)18-13(15)16;;/h2-7,13H,1H2;1H;/q;;+1/p-1. The van der Waals surface area contributed by atoms with Crippen molar-refractivity contribution in [3.63, 3.8) is 0 Å². The minimum absolute atomic E-state index is 0. The van der Waals surface area contributed by atoms with Crippen LogP contribution in [0, 0.1) is 0 Å². The Labute approximate surface area is 140 Å². The van der Waals surface area contributed by atoms with E-state index < -0.39 is 6.61 Å². The molecule has 0 saturated carbocycles. The van der Waals surface area contributed by atoms with E-state index in [4.69, 9.17) is 11.6 Å². The molecule has 2 aromatic rings. The minimum Gasteiger partial charge on any atom is -1.00 e. The molecule has 0 radical (unpaired) electrons. The van der Waals surface area contributed by atoms with Crippen LogP contribution in [0.15, 0.2) is 36.5 Å². The van der Waals surface area contributed by atoms with E-state index in [1.54, 1.807) is 30.5 Å². The summed E-state index contributed by atoms with van der Waals surface area (Å²) < 4.78 is 29.3. The Morgan fingerprint density at radius 3 is 2.65 bits per heavy atom. The molecule has 2 rings (SSSR count). The van der Waals surface area contributed by atoms with Gasteiger partial charge >= 0.3 is 124 Å². The Morgan fingerprint density at radius 1 is 1.30 bits per heavy atom. The first kappa shape index (κ1) is 17.5. The van der Waals surface area contributed by atoms with Crippen molar-refractivity contribution in [1.29, 1.82) is 0 Å². The first-order valence-corrected chi connectivity index (χ1v) is 8.06. The third kappa shape index (κ3) is 4.47. The van der Waals surface area contributed by atoms with Crippen molar-refractivity contribution in [3.05, 3.63) is 47.1 Å². The zero-order valence-electron chi connectivity index (χ0n) is 10.3. The van der Waals surface area contributed by atoms with Crippen LogP contribution in [0.1, 0.15) is 5.56 Å². The molecule has 0 N–H and O–H groups in total. The normalized spacial score (nSPS) is 10.3. The molecule has 0 spiro atoms. The summed E-state index contributed by atoms with van der Waals surface area (Å²) in [6.07, 6.45) is 1.56. The van der Waals surface area contributed by atoms with Crippen molar-refractivity contribution < 1.29 is 48.8 Å². The van der Waals surface area contributed by atoms with Gasteiger partial charge in [-0.2, -0.15) is 0 Å². The van der Waals surface area contributed by atoms with Crippen LogP contribution < -0.4 is 21.7 Å². The maximum absolute atomic E-state index is 12.4. The maximum atomic E-state index is 12.4. The molecule has 0 aliphatic rings. The number of alkyl halides is 2. The van der Waals surface area contributed by atoms with Gasteiger partial charge in [0.15, 0.2) is 0 Å². The molecule has 0 fully saturated rings. The Bertz CT molecular complexity index is 586. The summed E-state index contributed by atoms with van der Waals surface area (Å²) in [7, 11) is 0. The molecule has 102 valence electrons. The fourth-order valence-corrected chi connectivity index (χ4v) is 2.44. The third-order valence-corrected chi connectivity index (χ3v) is 3.98. The molecule has 1 aromatic heterocycles. The number of rotatable bonds is 4. The molecule has 7 heteroatoms. The first-order valence-electron chi connectivity index (χ1n) is 5.59. The van der Waals surface area contributed by atoms with Gasteiger partial charge in [0.05, 0.1) is 0 Å². The van der Waals surface area contributed by atoms with Crippen LogP contribution in [-0.4, -0.2) is 11.6 Å². The number of hydrogen-bond acceptors (Lipinski definition) is 2.